The zero-order valence-electron chi connectivity index (χ0n) is 17.4. The van der Waals surface area contributed by atoms with Crippen LogP contribution in [0.1, 0.15) is 22.5 Å². The standard InChI is InChI=1S/C24H21FN2O3S/c1-15-12-18(16(2)27(15)20-8-10-21(30-3)11-9-20)13-22-23(28)26(24(29)31-22)14-17-4-6-19(25)7-5-17/h4-13H,14H2,1-3H3/b22-13-. The van der Waals surface area contributed by atoms with E-state index in [9.17, 15) is 14.0 Å². The highest BCUT2D eigenvalue weighted by Crippen LogP contribution is 2.34. The summed E-state index contributed by atoms with van der Waals surface area (Å²) in [6.07, 6.45) is 1.76. The van der Waals surface area contributed by atoms with Gasteiger partial charge in [0.2, 0.25) is 0 Å². The van der Waals surface area contributed by atoms with E-state index in [0.717, 1.165) is 40.2 Å². The van der Waals surface area contributed by atoms with Crippen LogP contribution in [0.4, 0.5) is 9.18 Å². The molecule has 1 aliphatic rings. The molecule has 31 heavy (non-hydrogen) atoms. The first-order chi connectivity index (χ1) is 14.9. The summed E-state index contributed by atoms with van der Waals surface area (Å²) in [5, 5.41) is -0.329. The van der Waals surface area contributed by atoms with Crippen LogP contribution < -0.4 is 4.74 Å². The number of imide groups is 1. The average Bonchev–Trinajstić information content (AvgIpc) is 3.19. The molecule has 0 aliphatic carbocycles. The Bertz CT molecular complexity index is 1180. The highest BCUT2D eigenvalue weighted by atomic mass is 32.2. The first kappa shape index (κ1) is 20.9. The summed E-state index contributed by atoms with van der Waals surface area (Å²) in [5.74, 6) is 0.0832. The molecule has 0 spiro atoms. The third kappa shape index (κ3) is 4.14. The highest BCUT2D eigenvalue weighted by molar-refractivity contribution is 8.18. The lowest BCUT2D eigenvalue weighted by Gasteiger charge is -2.12. The predicted molar refractivity (Wildman–Crippen MR) is 120 cm³/mol. The van der Waals surface area contributed by atoms with E-state index in [4.69, 9.17) is 4.74 Å². The number of nitrogens with zero attached hydrogens (tertiary/aromatic N) is 2. The molecule has 0 bridgehead atoms. The maximum absolute atomic E-state index is 13.1. The molecule has 2 heterocycles. The van der Waals surface area contributed by atoms with Crippen molar-refractivity contribution < 1.29 is 18.7 Å². The Morgan fingerprint density at radius 3 is 2.35 bits per heavy atom. The molecule has 158 valence electrons. The summed E-state index contributed by atoms with van der Waals surface area (Å²) in [4.78, 5) is 26.9. The van der Waals surface area contributed by atoms with Gasteiger partial charge < -0.3 is 9.30 Å². The van der Waals surface area contributed by atoms with Gasteiger partial charge >= 0.3 is 0 Å². The molecule has 0 saturated carbocycles. The molecule has 1 aliphatic heterocycles. The Balaban J connectivity index is 1.60. The van der Waals surface area contributed by atoms with E-state index in [0.29, 0.717) is 10.5 Å². The normalized spacial score (nSPS) is 15.2. The fourth-order valence-electron chi connectivity index (χ4n) is 3.61. The number of halogens is 1. The molecule has 3 aromatic rings. The van der Waals surface area contributed by atoms with Gasteiger partial charge in [0.25, 0.3) is 11.1 Å². The van der Waals surface area contributed by atoms with Crippen molar-refractivity contribution in [3.8, 4) is 11.4 Å². The number of benzene rings is 2. The Hall–Kier alpha value is -3.32. The number of aromatic nitrogens is 1. The van der Waals surface area contributed by atoms with E-state index in [1.165, 1.54) is 17.0 Å². The van der Waals surface area contributed by atoms with E-state index in [2.05, 4.69) is 4.57 Å². The number of amides is 2. The summed E-state index contributed by atoms with van der Waals surface area (Å²) < 4.78 is 20.4. The van der Waals surface area contributed by atoms with Gasteiger partial charge in [-0.3, -0.25) is 14.5 Å². The van der Waals surface area contributed by atoms with Gasteiger partial charge in [-0.25, -0.2) is 4.39 Å². The molecule has 0 atom stereocenters. The summed E-state index contributed by atoms with van der Waals surface area (Å²) in [6, 6.07) is 15.5. The SMILES string of the molecule is COc1ccc(-n2c(C)cc(/C=C3\SC(=O)N(Cc4ccc(F)cc4)C3=O)c2C)cc1. The maximum Gasteiger partial charge on any atom is 0.293 e. The van der Waals surface area contributed by atoms with Gasteiger partial charge in [0.15, 0.2) is 0 Å². The van der Waals surface area contributed by atoms with E-state index in [-0.39, 0.29) is 23.5 Å². The Labute approximate surface area is 184 Å². The van der Waals surface area contributed by atoms with Crippen molar-refractivity contribution in [3.05, 3.63) is 87.8 Å². The average molecular weight is 437 g/mol. The Morgan fingerprint density at radius 2 is 1.71 bits per heavy atom. The van der Waals surface area contributed by atoms with E-state index in [1.807, 2.05) is 44.2 Å². The summed E-state index contributed by atoms with van der Waals surface area (Å²) in [5.41, 5.74) is 4.54. The molecule has 0 radical (unpaired) electrons. The monoisotopic (exact) mass is 436 g/mol. The van der Waals surface area contributed by atoms with Gasteiger partial charge in [-0.15, -0.1) is 0 Å². The van der Waals surface area contributed by atoms with Crippen LogP contribution in [0.5, 0.6) is 5.75 Å². The second-order valence-electron chi connectivity index (χ2n) is 7.25. The third-order valence-electron chi connectivity index (χ3n) is 5.22. The number of methoxy groups -OCH3 is 1. The number of thioether (sulfide) groups is 1. The smallest absolute Gasteiger partial charge is 0.293 e. The Morgan fingerprint density at radius 1 is 1.03 bits per heavy atom. The zero-order chi connectivity index (χ0) is 22.1. The van der Waals surface area contributed by atoms with Gasteiger partial charge in [0, 0.05) is 17.1 Å². The van der Waals surface area contributed by atoms with Crippen molar-refractivity contribution in [2.75, 3.05) is 7.11 Å². The largest absolute Gasteiger partial charge is 0.497 e. The second kappa shape index (κ2) is 8.43. The predicted octanol–water partition coefficient (Wildman–Crippen LogP) is 5.48. The van der Waals surface area contributed by atoms with Gasteiger partial charge in [-0.05, 0) is 85.3 Å². The lowest BCUT2D eigenvalue weighted by atomic mass is 10.2. The molecular formula is C24H21FN2O3S. The van der Waals surface area contributed by atoms with E-state index in [1.54, 1.807) is 25.3 Å². The number of hydrogen-bond acceptors (Lipinski definition) is 4. The number of hydrogen-bond donors (Lipinski definition) is 0. The fraction of sp³-hybridized carbons (Fsp3) is 0.167. The third-order valence-corrected chi connectivity index (χ3v) is 6.12. The Kier molecular flexibility index (Phi) is 5.69. The van der Waals surface area contributed by atoms with Crippen molar-refractivity contribution >= 4 is 29.0 Å². The van der Waals surface area contributed by atoms with Gasteiger partial charge in [0.1, 0.15) is 11.6 Å². The molecule has 5 nitrogen and oxygen atoms in total. The van der Waals surface area contributed by atoms with Crippen LogP contribution in [-0.2, 0) is 11.3 Å². The van der Waals surface area contributed by atoms with E-state index < -0.39 is 0 Å². The molecule has 7 heteroatoms. The highest BCUT2D eigenvalue weighted by Gasteiger charge is 2.35. The molecule has 1 saturated heterocycles. The quantitative estimate of drug-likeness (QED) is 0.497. The maximum atomic E-state index is 13.1. The van der Waals surface area contributed by atoms with Gasteiger partial charge in [0.05, 0.1) is 18.6 Å². The minimum absolute atomic E-state index is 0.118. The number of carbonyl (C=O) groups is 2. The molecular weight excluding hydrogens is 415 g/mol. The van der Waals surface area contributed by atoms with Crippen molar-refractivity contribution in [2.24, 2.45) is 0 Å². The zero-order valence-corrected chi connectivity index (χ0v) is 18.2. The minimum atomic E-state index is -0.356. The fourth-order valence-corrected chi connectivity index (χ4v) is 4.44. The van der Waals surface area contributed by atoms with Crippen molar-refractivity contribution in [1.29, 1.82) is 0 Å². The summed E-state index contributed by atoms with van der Waals surface area (Å²) in [7, 11) is 1.63. The molecule has 0 unspecified atom stereocenters. The molecule has 2 amide bonds. The number of aryl methyl sites for hydroxylation is 1. The minimum Gasteiger partial charge on any atom is -0.497 e. The van der Waals surface area contributed by atoms with Crippen LogP contribution in [0.2, 0.25) is 0 Å². The molecule has 4 rings (SSSR count). The molecule has 1 aromatic heterocycles. The number of rotatable bonds is 5. The topological polar surface area (TPSA) is 51.5 Å². The van der Waals surface area contributed by atoms with Crippen LogP contribution >= 0.6 is 11.8 Å². The van der Waals surface area contributed by atoms with Crippen LogP contribution in [0, 0.1) is 19.7 Å². The molecule has 0 N–H and O–H groups in total. The van der Waals surface area contributed by atoms with Crippen LogP contribution in [0.3, 0.4) is 0 Å². The van der Waals surface area contributed by atoms with Crippen molar-refractivity contribution in [3.63, 3.8) is 0 Å². The lowest BCUT2D eigenvalue weighted by molar-refractivity contribution is -0.123. The number of carbonyl (C=O) groups excluding carboxylic acids is 2. The first-order valence-corrected chi connectivity index (χ1v) is 10.5. The summed E-state index contributed by atoms with van der Waals surface area (Å²) in [6.45, 7) is 4.09. The van der Waals surface area contributed by atoms with E-state index >= 15 is 0 Å². The molecule has 1 fully saturated rings. The van der Waals surface area contributed by atoms with Crippen LogP contribution in [-0.4, -0.2) is 27.7 Å². The van der Waals surface area contributed by atoms with Crippen molar-refractivity contribution in [2.45, 2.75) is 20.4 Å². The molecule has 2 aromatic carbocycles. The van der Waals surface area contributed by atoms with Gasteiger partial charge in [-0.1, -0.05) is 12.1 Å². The lowest BCUT2D eigenvalue weighted by Crippen LogP contribution is -2.27. The van der Waals surface area contributed by atoms with Crippen LogP contribution in [0.25, 0.3) is 11.8 Å². The number of ether oxygens (including phenoxy) is 1. The van der Waals surface area contributed by atoms with Crippen molar-refractivity contribution in [1.82, 2.24) is 9.47 Å². The summed E-state index contributed by atoms with van der Waals surface area (Å²) >= 11 is 0.922. The first-order valence-electron chi connectivity index (χ1n) is 9.70. The van der Waals surface area contributed by atoms with Crippen LogP contribution in [0.15, 0.2) is 59.5 Å². The van der Waals surface area contributed by atoms with Gasteiger partial charge in [-0.2, -0.15) is 0 Å². The second-order valence-corrected chi connectivity index (χ2v) is 8.25.